The molecule has 0 N–H and O–H groups in total. The number of rotatable bonds is 2. The summed E-state index contributed by atoms with van der Waals surface area (Å²) in [5.74, 6) is 0.994. The van der Waals surface area contributed by atoms with Crippen molar-refractivity contribution in [3.05, 3.63) is 61.4 Å². The zero-order valence-corrected chi connectivity index (χ0v) is 17.4. The molecule has 24 heavy (non-hydrogen) atoms. The number of benzene rings is 1. The van der Waals surface area contributed by atoms with Crippen LogP contribution in [0.5, 0.6) is 0 Å². The van der Waals surface area contributed by atoms with Gasteiger partial charge in [-0.2, -0.15) is 0 Å². The van der Waals surface area contributed by atoms with Crippen LogP contribution in [-0.2, 0) is 6.42 Å². The van der Waals surface area contributed by atoms with Crippen molar-refractivity contribution in [1.82, 2.24) is 9.88 Å². The molecule has 4 aliphatic rings. The highest BCUT2D eigenvalue weighted by molar-refractivity contribution is 14.1. The first kappa shape index (κ1) is 15.8. The molecule has 0 spiro atoms. The van der Waals surface area contributed by atoms with Gasteiger partial charge in [-0.3, -0.25) is 9.88 Å². The van der Waals surface area contributed by atoms with Crippen LogP contribution in [0.15, 0.2) is 41.0 Å². The summed E-state index contributed by atoms with van der Waals surface area (Å²) in [5, 5.41) is 0. The second-order valence-corrected chi connectivity index (χ2v) is 9.97. The maximum Gasteiger partial charge on any atom is 0.0786 e. The Kier molecular flexibility index (Phi) is 3.62. The van der Waals surface area contributed by atoms with E-state index in [1.807, 2.05) is 6.20 Å². The van der Waals surface area contributed by atoms with Crippen LogP contribution in [0.3, 0.4) is 0 Å². The average Bonchev–Trinajstić information content (AvgIpc) is 2.46. The second kappa shape index (κ2) is 5.52. The fourth-order valence-corrected chi connectivity index (χ4v) is 5.97. The van der Waals surface area contributed by atoms with E-state index in [1.165, 1.54) is 39.7 Å². The smallest absolute Gasteiger partial charge is 0.0786 e. The van der Waals surface area contributed by atoms with E-state index in [2.05, 4.69) is 80.7 Å². The Balaban J connectivity index is 1.66. The Hall–Kier alpha value is -0.460. The van der Waals surface area contributed by atoms with E-state index in [9.17, 15) is 0 Å². The van der Waals surface area contributed by atoms with Gasteiger partial charge in [0.1, 0.15) is 0 Å². The quantitative estimate of drug-likeness (QED) is 0.524. The predicted molar refractivity (Wildman–Crippen MR) is 108 cm³/mol. The lowest BCUT2D eigenvalue weighted by atomic mass is 9.48. The first-order valence-corrected chi connectivity index (χ1v) is 10.6. The molecule has 2 bridgehead atoms. The molecule has 2 nitrogen and oxygen atoms in total. The van der Waals surface area contributed by atoms with Gasteiger partial charge in [-0.1, -0.05) is 6.07 Å². The standard InChI is InChI=1S/C20H20BrIN2/c1-12-6-14-7-16(22)3-4-17(14)19(18-5-2-15(21)11-23-18)24(12)20-8-13(9-20)10-20/h2-5,7,11-13,19H,6,8-10H2,1H3/t12-,13?,19+,20?/m1/s1. The van der Waals surface area contributed by atoms with Gasteiger partial charge in [0.2, 0.25) is 0 Å². The summed E-state index contributed by atoms with van der Waals surface area (Å²) in [5.41, 5.74) is 4.61. The Morgan fingerprint density at radius 2 is 2.00 bits per heavy atom. The summed E-state index contributed by atoms with van der Waals surface area (Å²) in [6, 6.07) is 12.2. The van der Waals surface area contributed by atoms with Crippen molar-refractivity contribution in [3.8, 4) is 0 Å². The lowest BCUT2D eigenvalue weighted by molar-refractivity contribution is -0.174. The molecule has 0 amide bonds. The first-order valence-electron chi connectivity index (χ1n) is 8.74. The highest BCUT2D eigenvalue weighted by Crippen LogP contribution is 2.64. The number of hydrogen-bond acceptors (Lipinski definition) is 2. The molecule has 6 rings (SSSR count). The molecule has 124 valence electrons. The third kappa shape index (κ3) is 2.25. The van der Waals surface area contributed by atoms with Gasteiger partial charge < -0.3 is 0 Å². The van der Waals surface area contributed by atoms with Gasteiger partial charge in [-0.05, 0) is 112 Å². The van der Waals surface area contributed by atoms with Crippen LogP contribution in [0.4, 0.5) is 0 Å². The third-order valence-corrected chi connectivity index (χ3v) is 7.39. The van der Waals surface area contributed by atoms with Crippen molar-refractivity contribution < 1.29 is 0 Å². The molecule has 3 fully saturated rings. The molecular weight excluding hydrogens is 475 g/mol. The maximum absolute atomic E-state index is 4.81. The second-order valence-electron chi connectivity index (χ2n) is 7.81. The lowest BCUT2D eigenvalue weighted by Gasteiger charge is -2.70. The minimum absolute atomic E-state index is 0.301. The van der Waals surface area contributed by atoms with Crippen molar-refractivity contribution in [3.63, 3.8) is 0 Å². The van der Waals surface area contributed by atoms with Crippen molar-refractivity contribution in [2.75, 3.05) is 0 Å². The summed E-state index contributed by atoms with van der Waals surface area (Å²) in [4.78, 5) is 7.62. The van der Waals surface area contributed by atoms with E-state index in [-0.39, 0.29) is 0 Å². The Bertz CT molecular complexity index is 787. The molecule has 2 aromatic rings. The molecule has 0 unspecified atom stereocenters. The topological polar surface area (TPSA) is 16.1 Å². The Labute approximate surface area is 165 Å². The number of pyridine rings is 1. The summed E-state index contributed by atoms with van der Waals surface area (Å²) in [6.07, 6.45) is 7.28. The summed E-state index contributed by atoms with van der Waals surface area (Å²) < 4.78 is 2.38. The van der Waals surface area contributed by atoms with Crippen LogP contribution < -0.4 is 0 Å². The number of nitrogens with zero attached hydrogens (tertiary/aromatic N) is 2. The highest BCUT2D eigenvalue weighted by Gasteiger charge is 2.62. The molecule has 1 aromatic carbocycles. The number of halogens is 2. The van der Waals surface area contributed by atoms with Crippen molar-refractivity contribution >= 4 is 38.5 Å². The molecule has 3 aliphatic carbocycles. The third-order valence-electron chi connectivity index (χ3n) is 6.25. The number of fused-ring (bicyclic) bond motifs is 1. The van der Waals surface area contributed by atoms with Gasteiger partial charge in [0.25, 0.3) is 0 Å². The van der Waals surface area contributed by atoms with Gasteiger partial charge in [0.15, 0.2) is 0 Å². The normalized spacial score (nSPS) is 34.2. The summed E-state index contributed by atoms with van der Waals surface area (Å²) >= 11 is 5.96. The Morgan fingerprint density at radius 3 is 2.62 bits per heavy atom. The largest absolute Gasteiger partial charge is 0.282 e. The van der Waals surface area contributed by atoms with E-state index in [0.717, 1.165) is 16.8 Å². The van der Waals surface area contributed by atoms with Crippen molar-refractivity contribution in [2.24, 2.45) is 5.92 Å². The molecule has 0 saturated heterocycles. The van der Waals surface area contributed by atoms with Crippen LogP contribution >= 0.6 is 38.5 Å². The van der Waals surface area contributed by atoms with E-state index in [0.29, 0.717) is 17.6 Å². The average molecular weight is 495 g/mol. The van der Waals surface area contributed by atoms with Crippen molar-refractivity contribution in [1.29, 1.82) is 0 Å². The van der Waals surface area contributed by atoms with E-state index in [4.69, 9.17) is 4.98 Å². The van der Waals surface area contributed by atoms with Crippen LogP contribution in [-0.4, -0.2) is 21.5 Å². The number of aromatic nitrogens is 1. The minimum Gasteiger partial charge on any atom is -0.282 e. The highest BCUT2D eigenvalue weighted by atomic mass is 127. The lowest BCUT2D eigenvalue weighted by Crippen LogP contribution is -2.71. The predicted octanol–water partition coefficient (Wildman–Crippen LogP) is 5.34. The molecule has 4 heteroatoms. The molecule has 2 heterocycles. The van der Waals surface area contributed by atoms with Gasteiger partial charge >= 0.3 is 0 Å². The van der Waals surface area contributed by atoms with Gasteiger partial charge in [-0.25, -0.2) is 0 Å². The fourth-order valence-electron chi connectivity index (χ4n) is 5.18. The van der Waals surface area contributed by atoms with Crippen LogP contribution in [0.2, 0.25) is 0 Å². The first-order chi connectivity index (χ1) is 11.6. The van der Waals surface area contributed by atoms with Crippen LogP contribution in [0, 0.1) is 9.49 Å². The molecule has 2 atom stereocenters. The fraction of sp³-hybridized carbons (Fsp3) is 0.450. The molecule has 1 aliphatic heterocycles. The van der Waals surface area contributed by atoms with Gasteiger partial charge in [0.05, 0.1) is 11.7 Å². The monoisotopic (exact) mass is 494 g/mol. The van der Waals surface area contributed by atoms with Crippen molar-refractivity contribution in [2.45, 2.75) is 50.2 Å². The van der Waals surface area contributed by atoms with Crippen LogP contribution in [0.25, 0.3) is 0 Å². The maximum atomic E-state index is 4.81. The molecule has 0 radical (unpaired) electrons. The zero-order chi connectivity index (χ0) is 16.5. The Morgan fingerprint density at radius 1 is 1.21 bits per heavy atom. The molecule has 3 saturated carbocycles. The zero-order valence-electron chi connectivity index (χ0n) is 13.7. The van der Waals surface area contributed by atoms with E-state index in [1.54, 1.807) is 0 Å². The van der Waals surface area contributed by atoms with E-state index >= 15 is 0 Å². The SMILES string of the molecule is C[C@@H]1Cc2cc(I)ccc2[C@@H](c2ccc(Br)cn2)N1C12CC(C1)C2. The van der Waals surface area contributed by atoms with E-state index < -0.39 is 0 Å². The summed E-state index contributed by atoms with van der Waals surface area (Å²) in [7, 11) is 0. The molecule has 1 aromatic heterocycles. The minimum atomic E-state index is 0.301. The summed E-state index contributed by atoms with van der Waals surface area (Å²) in [6.45, 7) is 2.41. The van der Waals surface area contributed by atoms with Gasteiger partial charge in [0, 0.05) is 25.8 Å². The van der Waals surface area contributed by atoms with Gasteiger partial charge in [-0.15, -0.1) is 0 Å². The molecular formula is C20H20BrIN2. The van der Waals surface area contributed by atoms with Crippen LogP contribution in [0.1, 0.15) is 49.0 Å². The number of hydrogen-bond donors (Lipinski definition) is 0.